The Labute approximate surface area is 145 Å². The van der Waals surface area contributed by atoms with E-state index in [1.807, 2.05) is 12.1 Å². The van der Waals surface area contributed by atoms with Crippen molar-refractivity contribution in [3.63, 3.8) is 0 Å². The molecule has 0 aliphatic carbocycles. The summed E-state index contributed by atoms with van der Waals surface area (Å²) in [5.74, 6) is -2.10. The average Bonchev–Trinajstić information content (AvgIpc) is 2.62. The summed E-state index contributed by atoms with van der Waals surface area (Å²) >= 11 is 0. The van der Waals surface area contributed by atoms with E-state index in [1.54, 1.807) is 29.4 Å². The molecular formula is C19H19FN2O3. The number of aromatic nitrogens is 1. The highest BCUT2D eigenvalue weighted by atomic mass is 19.1. The molecule has 2 aromatic rings. The molecule has 0 saturated carbocycles. The summed E-state index contributed by atoms with van der Waals surface area (Å²) in [7, 11) is 0. The van der Waals surface area contributed by atoms with Crippen molar-refractivity contribution >= 4 is 11.9 Å². The summed E-state index contributed by atoms with van der Waals surface area (Å²) in [6, 6.07) is 8.88. The average molecular weight is 342 g/mol. The van der Waals surface area contributed by atoms with Crippen LogP contribution in [0.1, 0.15) is 30.0 Å². The molecule has 1 fully saturated rings. The Bertz CT molecular complexity index is 749. The van der Waals surface area contributed by atoms with E-state index in [4.69, 9.17) is 0 Å². The van der Waals surface area contributed by atoms with Gasteiger partial charge in [0.15, 0.2) is 0 Å². The van der Waals surface area contributed by atoms with Gasteiger partial charge in [-0.05, 0) is 42.2 Å². The number of piperidine rings is 1. The van der Waals surface area contributed by atoms with E-state index in [2.05, 4.69) is 4.98 Å². The van der Waals surface area contributed by atoms with E-state index in [1.165, 1.54) is 12.1 Å². The number of carbonyl (C=O) groups is 2. The number of benzene rings is 1. The Morgan fingerprint density at radius 2 is 2.04 bits per heavy atom. The first-order valence-electron chi connectivity index (χ1n) is 8.23. The van der Waals surface area contributed by atoms with Crippen LogP contribution in [-0.4, -0.2) is 33.4 Å². The van der Waals surface area contributed by atoms with Crippen molar-refractivity contribution in [3.05, 3.63) is 65.7 Å². The molecule has 5 nitrogen and oxygen atoms in total. The zero-order valence-corrected chi connectivity index (χ0v) is 13.6. The first-order valence-corrected chi connectivity index (χ1v) is 8.23. The van der Waals surface area contributed by atoms with Crippen LogP contribution in [0.2, 0.25) is 0 Å². The largest absolute Gasteiger partial charge is 0.481 e. The van der Waals surface area contributed by atoms with Gasteiger partial charge in [-0.2, -0.15) is 0 Å². The maximum absolute atomic E-state index is 13.2. The van der Waals surface area contributed by atoms with Crippen LogP contribution in [0.25, 0.3) is 0 Å². The third kappa shape index (κ3) is 3.84. The molecule has 0 bridgehead atoms. The summed E-state index contributed by atoms with van der Waals surface area (Å²) in [6.07, 6.45) is 4.50. The topological polar surface area (TPSA) is 70.5 Å². The SMILES string of the molecule is O=C(O)[C@H]1CCC(=O)N(CCc2cccnc2)[C@H]1c1ccc(F)cc1. The number of hydrogen-bond donors (Lipinski definition) is 1. The predicted molar refractivity (Wildman–Crippen MR) is 89.2 cm³/mol. The van der Waals surface area contributed by atoms with Gasteiger partial charge in [0.2, 0.25) is 5.91 Å². The summed E-state index contributed by atoms with van der Waals surface area (Å²) in [5, 5.41) is 9.59. The lowest BCUT2D eigenvalue weighted by molar-refractivity contribution is -0.152. The van der Waals surface area contributed by atoms with Crippen molar-refractivity contribution in [3.8, 4) is 0 Å². The van der Waals surface area contributed by atoms with Crippen LogP contribution < -0.4 is 0 Å². The quantitative estimate of drug-likeness (QED) is 0.907. The lowest BCUT2D eigenvalue weighted by atomic mass is 9.84. The summed E-state index contributed by atoms with van der Waals surface area (Å²) in [6.45, 7) is 0.399. The summed E-state index contributed by atoms with van der Waals surface area (Å²) < 4.78 is 13.2. The van der Waals surface area contributed by atoms with E-state index in [-0.39, 0.29) is 18.1 Å². The number of pyridine rings is 1. The first kappa shape index (κ1) is 17.1. The molecule has 0 spiro atoms. The minimum absolute atomic E-state index is 0.0734. The number of nitrogens with zero attached hydrogens (tertiary/aromatic N) is 2. The van der Waals surface area contributed by atoms with Gasteiger partial charge in [-0.1, -0.05) is 18.2 Å². The van der Waals surface area contributed by atoms with Crippen molar-refractivity contribution in [2.45, 2.75) is 25.3 Å². The van der Waals surface area contributed by atoms with Gasteiger partial charge in [0.1, 0.15) is 5.82 Å². The third-order valence-corrected chi connectivity index (χ3v) is 4.60. The molecule has 130 valence electrons. The Kier molecular flexibility index (Phi) is 5.07. The minimum Gasteiger partial charge on any atom is -0.481 e. The lowest BCUT2D eigenvalue weighted by Gasteiger charge is -2.40. The van der Waals surface area contributed by atoms with Gasteiger partial charge >= 0.3 is 5.97 Å². The van der Waals surface area contributed by atoms with Gasteiger partial charge in [-0.15, -0.1) is 0 Å². The number of likely N-dealkylation sites (tertiary alicyclic amines) is 1. The Balaban J connectivity index is 1.88. The number of carboxylic acid groups (broad SMARTS) is 1. The Hall–Kier alpha value is -2.76. The van der Waals surface area contributed by atoms with E-state index < -0.39 is 17.9 Å². The molecule has 1 N–H and O–H groups in total. The van der Waals surface area contributed by atoms with Gasteiger partial charge in [0.25, 0.3) is 0 Å². The molecular weight excluding hydrogens is 323 g/mol. The molecule has 0 unspecified atom stereocenters. The molecule has 1 amide bonds. The number of rotatable bonds is 5. The molecule has 2 heterocycles. The van der Waals surface area contributed by atoms with E-state index in [0.717, 1.165) is 5.56 Å². The number of amides is 1. The normalized spacial score (nSPS) is 20.5. The molecule has 1 aromatic heterocycles. The van der Waals surface area contributed by atoms with E-state index >= 15 is 0 Å². The van der Waals surface area contributed by atoms with Crippen LogP contribution in [0, 0.1) is 11.7 Å². The van der Waals surface area contributed by atoms with Crippen molar-refractivity contribution in [2.75, 3.05) is 6.54 Å². The molecule has 6 heteroatoms. The van der Waals surface area contributed by atoms with Gasteiger partial charge < -0.3 is 10.0 Å². The molecule has 0 radical (unpaired) electrons. The number of halogens is 1. The van der Waals surface area contributed by atoms with E-state index in [9.17, 15) is 19.1 Å². The van der Waals surface area contributed by atoms with Gasteiger partial charge in [0.05, 0.1) is 12.0 Å². The Morgan fingerprint density at radius 1 is 1.28 bits per heavy atom. The molecule has 25 heavy (non-hydrogen) atoms. The molecule has 2 atom stereocenters. The van der Waals surface area contributed by atoms with Gasteiger partial charge in [-0.25, -0.2) is 4.39 Å². The second kappa shape index (κ2) is 7.42. The predicted octanol–water partition coefficient (Wildman–Crippen LogP) is 2.83. The Morgan fingerprint density at radius 3 is 2.68 bits per heavy atom. The van der Waals surface area contributed by atoms with Crippen LogP contribution >= 0.6 is 0 Å². The van der Waals surface area contributed by atoms with Crippen molar-refractivity contribution < 1.29 is 19.1 Å². The second-order valence-electron chi connectivity index (χ2n) is 6.18. The lowest BCUT2D eigenvalue weighted by Crippen LogP contribution is -2.46. The smallest absolute Gasteiger partial charge is 0.308 e. The van der Waals surface area contributed by atoms with Crippen LogP contribution in [0.5, 0.6) is 0 Å². The van der Waals surface area contributed by atoms with Crippen LogP contribution in [0.15, 0.2) is 48.8 Å². The molecule has 1 aliphatic heterocycles. The maximum atomic E-state index is 13.2. The number of carbonyl (C=O) groups excluding carboxylic acids is 1. The first-order chi connectivity index (χ1) is 12.1. The van der Waals surface area contributed by atoms with E-state index in [0.29, 0.717) is 24.9 Å². The molecule has 1 aromatic carbocycles. The fraction of sp³-hybridized carbons (Fsp3) is 0.316. The number of aliphatic carboxylic acids is 1. The molecule has 1 aliphatic rings. The molecule has 3 rings (SSSR count). The second-order valence-corrected chi connectivity index (χ2v) is 6.18. The maximum Gasteiger partial charge on any atom is 0.308 e. The highest BCUT2D eigenvalue weighted by Crippen LogP contribution is 2.37. The fourth-order valence-corrected chi connectivity index (χ4v) is 3.34. The van der Waals surface area contributed by atoms with Crippen LogP contribution in [0.4, 0.5) is 4.39 Å². The fourth-order valence-electron chi connectivity index (χ4n) is 3.34. The zero-order valence-electron chi connectivity index (χ0n) is 13.6. The van der Waals surface area contributed by atoms with Gasteiger partial charge in [0, 0.05) is 25.4 Å². The minimum atomic E-state index is -0.937. The standard InChI is InChI=1S/C19H19FN2O3/c20-15-5-3-14(4-6-15)18-16(19(24)25)7-8-17(23)22(18)11-9-13-2-1-10-21-12-13/h1-6,10,12,16,18H,7-9,11H2,(H,24,25)/t16-,18-/m0/s1. The van der Waals surface area contributed by atoms with Crippen molar-refractivity contribution in [1.29, 1.82) is 0 Å². The highest BCUT2D eigenvalue weighted by Gasteiger charge is 2.40. The third-order valence-electron chi connectivity index (χ3n) is 4.60. The summed E-state index contributed by atoms with van der Waals surface area (Å²) in [4.78, 5) is 29.9. The highest BCUT2D eigenvalue weighted by molar-refractivity contribution is 5.81. The van der Waals surface area contributed by atoms with Crippen LogP contribution in [-0.2, 0) is 16.0 Å². The number of carboxylic acids is 1. The van der Waals surface area contributed by atoms with Crippen molar-refractivity contribution in [2.24, 2.45) is 5.92 Å². The number of hydrogen-bond acceptors (Lipinski definition) is 3. The van der Waals surface area contributed by atoms with Crippen molar-refractivity contribution in [1.82, 2.24) is 9.88 Å². The zero-order chi connectivity index (χ0) is 17.8. The van der Waals surface area contributed by atoms with Gasteiger partial charge in [-0.3, -0.25) is 14.6 Å². The van der Waals surface area contributed by atoms with Crippen LogP contribution in [0.3, 0.4) is 0 Å². The monoisotopic (exact) mass is 342 g/mol. The summed E-state index contributed by atoms with van der Waals surface area (Å²) in [5.41, 5.74) is 1.62. The molecule has 1 saturated heterocycles.